The van der Waals surface area contributed by atoms with Crippen molar-refractivity contribution >= 4 is 69.8 Å². The van der Waals surface area contributed by atoms with Crippen molar-refractivity contribution in [3.05, 3.63) is 98.1 Å². The van der Waals surface area contributed by atoms with Crippen molar-refractivity contribution in [3.63, 3.8) is 0 Å². The number of halogens is 3. The predicted molar refractivity (Wildman–Crippen MR) is 156 cm³/mol. The summed E-state index contributed by atoms with van der Waals surface area (Å²) >= 11 is 12.8. The van der Waals surface area contributed by atoms with Gasteiger partial charge in [-0.05, 0) is 72.3 Å². The van der Waals surface area contributed by atoms with Crippen LogP contribution in [0.3, 0.4) is 0 Å². The molecule has 0 aliphatic carbocycles. The van der Waals surface area contributed by atoms with Gasteiger partial charge >= 0.3 is 5.97 Å². The van der Waals surface area contributed by atoms with Crippen molar-refractivity contribution in [1.82, 2.24) is 4.90 Å². The molecule has 3 amide bonds. The quantitative estimate of drug-likeness (QED) is 0.194. The van der Waals surface area contributed by atoms with Gasteiger partial charge < -0.3 is 14.8 Å². The van der Waals surface area contributed by atoms with Crippen LogP contribution in [0.4, 0.5) is 14.9 Å². The molecule has 1 aliphatic rings. The van der Waals surface area contributed by atoms with E-state index in [-0.39, 0.29) is 45.0 Å². The Hall–Kier alpha value is -3.86. The summed E-state index contributed by atoms with van der Waals surface area (Å²) < 4.78 is 24.7. The van der Waals surface area contributed by atoms with Gasteiger partial charge in [-0.2, -0.15) is 0 Å². The fourth-order valence-electron chi connectivity index (χ4n) is 3.65. The molecule has 0 aromatic heterocycles. The summed E-state index contributed by atoms with van der Waals surface area (Å²) in [5.74, 6) is -1.90. The normalized spacial score (nSPS) is 14.0. The molecular weight excluding hydrogens is 594 g/mol. The van der Waals surface area contributed by atoms with E-state index in [4.69, 9.17) is 32.7 Å². The van der Waals surface area contributed by atoms with E-state index in [0.29, 0.717) is 29.5 Å². The molecule has 1 saturated heterocycles. The van der Waals surface area contributed by atoms with Crippen LogP contribution in [0.25, 0.3) is 6.08 Å². The Morgan fingerprint density at radius 1 is 1.05 bits per heavy atom. The van der Waals surface area contributed by atoms with Gasteiger partial charge in [0.2, 0.25) is 5.91 Å². The summed E-state index contributed by atoms with van der Waals surface area (Å²) in [6.07, 6.45) is 2.16. The molecule has 12 heteroatoms. The highest BCUT2D eigenvalue weighted by atomic mass is 35.5. The number of ether oxygens (including phenoxy) is 2. The topological polar surface area (TPSA) is 102 Å². The number of esters is 1. The Morgan fingerprint density at radius 3 is 2.51 bits per heavy atom. The van der Waals surface area contributed by atoms with E-state index in [1.54, 1.807) is 30.3 Å². The number of amides is 3. The molecule has 0 bridgehead atoms. The average Bonchev–Trinajstić information content (AvgIpc) is 3.20. The molecule has 1 fully saturated rings. The molecule has 1 N–H and O–H groups in total. The van der Waals surface area contributed by atoms with Gasteiger partial charge in [0, 0.05) is 11.3 Å². The minimum absolute atomic E-state index is 0.0634. The zero-order chi connectivity index (χ0) is 29.5. The lowest BCUT2D eigenvalue weighted by Gasteiger charge is -2.13. The Kier molecular flexibility index (Phi) is 10.0. The Balaban J connectivity index is 1.36. The number of hydrogen-bond donors (Lipinski definition) is 1. The summed E-state index contributed by atoms with van der Waals surface area (Å²) in [4.78, 5) is 51.2. The van der Waals surface area contributed by atoms with Gasteiger partial charge in [-0.3, -0.25) is 19.3 Å². The fraction of sp³-hybridized carbons (Fsp3) is 0.172. The van der Waals surface area contributed by atoms with Crippen LogP contribution in [-0.2, 0) is 20.9 Å². The molecule has 8 nitrogen and oxygen atoms in total. The van der Waals surface area contributed by atoms with Crippen LogP contribution in [0.1, 0.15) is 34.8 Å². The van der Waals surface area contributed by atoms with Crippen molar-refractivity contribution in [2.45, 2.75) is 20.0 Å². The molecule has 4 rings (SSSR count). The average molecular weight is 617 g/mol. The van der Waals surface area contributed by atoms with Crippen LogP contribution in [-0.4, -0.2) is 41.1 Å². The van der Waals surface area contributed by atoms with Crippen molar-refractivity contribution in [3.8, 4) is 5.75 Å². The molecular formula is C29H23Cl2FN2O6S. The number of hydrogen-bond acceptors (Lipinski definition) is 7. The maximum atomic E-state index is 13.9. The highest BCUT2D eigenvalue weighted by Crippen LogP contribution is 2.32. The number of nitrogens with zero attached hydrogens (tertiary/aromatic N) is 1. The fourth-order valence-corrected chi connectivity index (χ4v) is 4.90. The molecule has 0 saturated carbocycles. The summed E-state index contributed by atoms with van der Waals surface area (Å²) in [6, 6.07) is 15.3. The van der Waals surface area contributed by atoms with E-state index >= 15 is 0 Å². The highest BCUT2D eigenvalue weighted by Gasteiger charge is 2.36. The van der Waals surface area contributed by atoms with Crippen molar-refractivity contribution < 1.29 is 33.0 Å². The second kappa shape index (κ2) is 13.7. The monoisotopic (exact) mass is 616 g/mol. The van der Waals surface area contributed by atoms with Gasteiger partial charge in [-0.15, -0.1) is 0 Å². The largest absolute Gasteiger partial charge is 0.489 e. The second-order valence-corrected chi connectivity index (χ2v) is 10.5. The predicted octanol–water partition coefficient (Wildman–Crippen LogP) is 6.95. The van der Waals surface area contributed by atoms with Gasteiger partial charge in [0.15, 0.2) is 0 Å². The molecule has 0 spiro atoms. The minimum atomic E-state index is -0.639. The highest BCUT2D eigenvalue weighted by molar-refractivity contribution is 8.18. The van der Waals surface area contributed by atoms with Crippen molar-refractivity contribution in [1.29, 1.82) is 0 Å². The smallest absolute Gasteiger partial charge is 0.339 e. The molecule has 212 valence electrons. The molecule has 41 heavy (non-hydrogen) atoms. The maximum absolute atomic E-state index is 13.9. The van der Waals surface area contributed by atoms with E-state index in [1.165, 1.54) is 36.4 Å². The van der Waals surface area contributed by atoms with Gasteiger partial charge in [0.25, 0.3) is 11.1 Å². The first-order valence-corrected chi connectivity index (χ1v) is 13.9. The molecule has 3 aromatic rings. The zero-order valence-electron chi connectivity index (χ0n) is 21.6. The van der Waals surface area contributed by atoms with Crippen LogP contribution >= 0.6 is 35.0 Å². The van der Waals surface area contributed by atoms with Gasteiger partial charge in [0.05, 0.1) is 27.1 Å². The summed E-state index contributed by atoms with van der Waals surface area (Å²) in [7, 11) is 0. The number of rotatable bonds is 10. The lowest BCUT2D eigenvalue weighted by molar-refractivity contribution is -0.127. The Labute approximate surface area is 249 Å². The number of nitrogens with one attached hydrogen (secondary N) is 1. The standard InChI is InChI=1S/C29H23Cl2FN2O6S/c1-2-12-39-28(37)20-14-18(8-11-23(20)31)33-26(35)15-34-27(36)25(41-29(34)38)13-17-6-9-19(10-7-17)40-16-21-22(30)4-3-5-24(21)32/h3-11,13-14H,2,12,15-16H2,1H3,(H,33,35)/b25-13-. The third-order valence-electron chi connectivity index (χ3n) is 5.71. The number of carbonyl (C=O) groups is 4. The number of thioether (sulfide) groups is 1. The van der Waals surface area contributed by atoms with Crippen molar-refractivity contribution in [2.24, 2.45) is 0 Å². The van der Waals surface area contributed by atoms with Gasteiger partial charge in [0.1, 0.15) is 24.7 Å². The first-order chi connectivity index (χ1) is 19.7. The Morgan fingerprint density at radius 2 is 1.80 bits per heavy atom. The van der Waals surface area contributed by atoms with E-state index < -0.39 is 35.4 Å². The zero-order valence-corrected chi connectivity index (χ0v) is 23.9. The molecule has 1 heterocycles. The van der Waals surface area contributed by atoms with Crippen LogP contribution in [0.15, 0.2) is 65.6 Å². The van der Waals surface area contributed by atoms with E-state index in [0.717, 1.165) is 4.90 Å². The molecule has 0 atom stereocenters. The number of benzene rings is 3. The number of anilines is 1. The first-order valence-electron chi connectivity index (χ1n) is 12.3. The molecule has 1 aliphatic heterocycles. The second-order valence-electron chi connectivity index (χ2n) is 8.70. The number of carbonyl (C=O) groups excluding carboxylic acids is 4. The third-order valence-corrected chi connectivity index (χ3v) is 7.30. The summed E-state index contributed by atoms with van der Waals surface area (Å²) in [5, 5.41) is 2.39. The summed E-state index contributed by atoms with van der Waals surface area (Å²) in [6.45, 7) is 1.49. The third kappa shape index (κ3) is 7.66. The van der Waals surface area contributed by atoms with E-state index in [1.807, 2.05) is 6.92 Å². The van der Waals surface area contributed by atoms with Gasteiger partial charge in [-0.1, -0.05) is 48.3 Å². The summed E-state index contributed by atoms with van der Waals surface area (Å²) in [5.41, 5.74) is 1.19. The maximum Gasteiger partial charge on any atom is 0.339 e. The van der Waals surface area contributed by atoms with Crippen molar-refractivity contribution in [2.75, 3.05) is 18.5 Å². The lowest BCUT2D eigenvalue weighted by atomic mass is 10.2. The first kappa shape index (κ1) is 30.1. The minimum Gasteiger partial charge on any atom is -0.489 e. The number of imide groups is 1. The van der Waals surface area contributed by atoms with Crippen LogP contribution < -0.4 is 10.1 Å². The molecule has 0 radical (unpaired) electrons. The SMILES string of the molecule is CCCOC(=O)c1cc(NC(=O)CN2C(=O)S/C(=C\c3ccc(OCc4c(F)cccc4Cl)cc3)C2=O)ccc1Cl. The van der Waals surface area contributed by atoms with Crippen LogP contribution in [0.5, 0.6) is 5.75 Å². The Bertz CT molecular complexity index is 1510. The van der Waals surface area contributed by atoms with E-state index in [2.05, 4.69) is 5.32 Å². The van der Waals surface area contributed by atoms with Crippen LogP contribution in [0, 0.1) is 5.82 Å². The lowest BCUT2D eigenvalue weighted by Crippen LogP contribution is -2.36. The van der Waals surface area contributed by atoms with E-state index in [9.17, 15) is 23.6 Å². The van der Waals surface area contributed by atoms with Crippen LogP contribution in [0.2, 0.25) is 10.0 Å². The molecule has 3 aromatic carbocycles. The van der Waals surface area contributed by atoms with Gasteiger partial charge in [-0.25, -0.2) is 9.18 Å². The molecule has 0 unspecified atom stereocenters.